The van der Waals surface area contributed by atoms with Crippen LogP contribution >= 0.6 is 11.3 Å². The Labute approximate surface area is 155 Å². The summed E-state index contributed by atoms with van der Waals surface area (Å²) in [6.45, 7) is 0. The lowest BCUT2D eigenvalue weighted by molar-refractivity contribution is 0.467. The molecule has 1 aromatic carbocycles. The Kier molecular flexibility index (Phi) is 4.54. The Morgan fingerprint density at radius 2 is 1.88 bits per heavy atom. The van der Waals surface area contributed by atoms with Gasteiger partial charge < -0.3 is 0 Å². The van der Waals surface area contributed by atoms with Crippen molar-refractivity contribution in [3.05, 3.63) is 53.8 Å². The van der Waals surface area contributed by atoms with Crippen LogP contribution in [0.25, 0.3) is 10.6 Å². The Morgan fingerprint density at radius 1 is 1.15 bits per heavy atom. The Morgan fingerprint density at radius 3 is 2.54 bits per heavy atom. The summed E-state index contributed by atoms with van der Waals surface area (Å²) in [5.41, 5.74) is 0.777. The van der Waals surface area contributed by atoms with Crippen molar-refractivity contribution in [2.45, 2.75) is 36.6 Å². The van der Waals surface area contributed by atoms with Gasteiger partial charge in [0.1, 0.15) is 16.4 Å². The van der Waals surface area contributed by atoms with E-state index in [1.54, 1.807) is 10.9 Å². The van der Waals surface area contributed by atoms with E-state index in [2.05, 4.69) is 9.82 Å². The molecule has 1 aliphatic rings. The van der Waals surface area contributed by atoms with Crippen molar-refractivity contribution >= 4 is 27.0 Å². The number of anilines is 1. The molecule has 1 N–H and O–H groups in total. The maximum atomic E-state index is 13.1. The van der Waals surface area contributed by atoms with Crippen molar-refractivity contribution < 1.29 is 12.8 Å². The molecule has 2 heterocycles. The number of benzene rings is 1. The molecule has 0 unspecified atom stereocenters. The van der Waals surface area contributed by atoms with E-state index in [0.29, 0.717) is 11.4 Å². The van der Waals surface area contributed by atoms with Crippen LogP contribution in [0.1, 0.15) is 31.7 Å². The SMILES string of the molecule is O=S(=O)(Nc1ccc(F)cc1)c1cn(C2CCCC2)nc1-c1cccs1. The first-order chi connectivity index (χ1) is 12.5. The van der Waals surface area contributed by atoms with Crippen LogP contribution in [0, 0.1) is 5.82 Å². The van der Waals surface area contributed by atoms with E-state index < -0.39 is 15.8 Å². The van der Waals surface area contributed by atoms with E-state index in [1.807, 2.05) is 17.5 Å². The molecule has 0 aliphatic heterocycles. The zero-order valence-corrected chi connectivity index (χ0v) is 15.6. The first kappa shape index (κ1) is 17.2. The molecule has 0 atom stereocenters. The van der Waals surface area contributed by atoms with Crippen molar-refractivity contribution in [2.75, 3.05) is 4.72 Å². The maximum Gasteiger partial charge on any atom is 0.265 e. The molecule has 0 saturated heterocycles. The summed E-state index contributed by atoms with van der Waals surface area (Å²) < 4.78 is 43.4. The number of aromatic nitrogens is 2. The summed E-state index contributed by atoms with van der Waals surface area (Å²) in [5, 5.41) is 6.50. The lowest BCUT2D eigenvalue weighted by Gasteiger charge is -2.09. The first-order valence-electron chi connectivity index (χ1n) is 8.44. The third-order valence-electron chi connectivity index (χ3n) is 4.54. The maximum absolute atomic E-state index is 13.1. The minimum atomic E-state index is -3.84. The average molecular weight is 391 g/mol. The zero-order chi connectivity index (χ0) is 18.1. The van der Waals surface area contributed by atoms with Crippen LogP contribution in [0.5, 0.6) is 0 Å². The topological polar surface area (TPSA) is 64.0 Å². The monoisotopic (exact) mass is 391 g/mol. The largest absolute Gasteiger partial charge is 0.280 e. The second-order valence-corrected chi connectivity index (χ2v) is 8.95. The molecule has 4 rings (SSSR count). The van der Waals surface area contributed by atoms with Crippen molar-refractivity contribution in [3.8, 4) is 10.6 Å². The summed E-state index contributed by atoms with van der Waals surface area (Å²) in [5.74, 6) is -0.415. The number of hydrogen-bond acceptors (Lipinski definition) is 4. The molecule has 0 amide bonds. The highest BCUT2D eigenvalue weighted by Gasteiger charge is 2.27. The molecule has 136 valence electrons. The third-order valence-corrected chi connectivity index (χ3v) is 6.80. The Hall–Kier alpha value is -2.19. The fourth-order valence-corrected chi connectivity index (χ4v) is 5.24. The summed E-state index contributed by atoms with van der Waals surface area (Å²) in [6, 6.07) is 9.22. The molecule has 2 aromatic heterocycles. The van der Waals surface area contributed by atoms with E-state index in [9.17, 15) is 12.8 Å². The van der Waals surface area contributed by atoms with E-state index in [4.69, 9.17) is 0 Å². The number of halogens is 1. The average Bonchev–Trinajstić information content (AvgIpc) is 3.36. The van der Waals surface area contributed by atoms with Crippen molar-refractivity contribution in [3.63, 3.8) is 0 Å². The van der Waals surface area contributed by atoms with E-state index in [0.717, 1.165) is 30.6 Å². The van der Waals surface area contributed by atoms with Crippen molar-refractivity contribution in [1.82, 2.24) is 9.78 Å². The summed E-state index contributed by atoms with van der Waals surface area (Å²) >= 11 is 1.45. The molecule has 1 aliphatic carbocycles. The Bertz CT molecular complexity index is 990. The van der Waals surface area contributed by atoms with Crippen LogP contribution in [-0.4, -0.2) is 18.2 Å². The van der Waals surface area contributed by atoms with Gasteiger partial charge in [0.15, 0.2) is 0 Å². The van der Waals surface area contributed by atoms with Crippen molar-refractivity contribution in [1.29, 1.82) is 0 Å². The lowest BCUT2D eigenvalue weighted by atomic mass is 10.3. The van der Waals surface area contributed by atoms with Gasteiger partial charge in [-0.1, -0.05) is 18.9 Å². The lowest BCUT2D eigenvalue weighted by Crippen LogP contribution is -2.13. The van der Waals surface area contributed by atoms with Crippen LogP contribution in [0.15, 0.2) is 52.9 Å². The van der Waals surface area contributed by atoms with Crippen LogP contribution in [0.2, 0.25) is 0 Å². The van der Waals surface area contributed by atoms with Gasteiger partial charge in [-0.3, -0.25) is 9.40 Å². The number of nitrogens with zero attached hydrogens (tertiary/aromatic N) is 2. The number of hydrogen-bond donors (Lipinski definition) is 1. The Balaban J connectivity index is 1.74. The molecule has 0 bridgehead atoms. The zero-order valence-electron chi connectivity index (χ0n) is 13.9. The molecule has 0 radical (unpaired) electrons. The van der Waals surface area contributed by atoms with Gasteiger partial charge in [-0.25, -0.2) is 12.8 Å². The highest BCUT2D eigenvalue weighted by Crippen LogP contribution is 2.35. The predicted molar refractivity (Wildman–Crippen MR) is 100 cm³/mol. The number of thiophene rings is 1. The van der Waals surface area contributed by atoms with Gasteiger partial charge in [0.2, 0.25) is 0 Å². The normalized spacial score (nSPS) is 15.4. The smallest absolute Gasteiger partial charge is 0.265 e. The fraction of sp³-hybridized carbons (Fsp3) is 0.278. The molecule has 26 heavy (non-hydrogen) atoms. The molecule has 8 heteroatoms. The molecular formula is C18H18FN3O2S2. The number of rotatable bonds is 5. The third kappa shape index (κ3) is 3.39. The van der Waals surface area contributed by atoms with E-state index in [1.165, 1.54) is 35.6 Å². The van der Waals surface area contributed by atoms with Gasteiger partial charge in [0, 0.05) is 11.9 Å². The molecule has 1 fully saturated rings. The fourth-order valence-electron chi connectivity index (χ4n) is 3.24. The van der Waals surface area contributed by atoms with Gasteiger partial charge in [0.05, 0.1) is 10.9 Å². The highest BCUT2D eigenvalue weighted by atomic mass is 32.2. The second-order valence-electron chi connectivity index (χ2n) is 6.35. The number of sulfonamides is 1. The van der Waals surface area contributed by atoms with Crippen LogP contribution < -0.4 is 4.72 Å². The van der Waals surface area contributed by atoms with Gasteiger partial charge in [-0.15, -0.1) is 11.3 Å². The van der Waals surface area contributed by atoms with Gasteiger partial charge in [-0.05, 0) is 48.6 Å². The van der Waals surface area contributed by atoms with Crippen LogP contribution in [-0.2, 0) is 10.0 Å². The minimum Gasteiger partial charge on any atom is -0.280 e. The van der Waals surface area contributed by atoms with Gasteiger partial charge in [-0.2, -0.15) is 5.10 Å². The summed E-state index contributed by atoms with van der Waals surface area (Å²) in [4.78, 5) is 0.956. The molecule has 5 nitrogen and oxygen atoms in total. The minimum absolute atomic E-state index is 0.149. The van der Waals surface area contributed by atoms with Crippen molar-refractivity contribution in [2.24, 2.45) is 0 Å². The molecule has 0 spiro atoms. The summed E-state index contributed by atoms with van der Waals surface area (Å²) in [7, 11) is -3.84. The van der Waals surface area contributed by atoms with Gasteiger partial charge in [0.25, 0.3) is 10.0 Å². The van der Waals surface area contributed by atoms with E-state index >= 15 is 0 Å². The highest BCUT2D eigenvalue weighted by molar-refractivity contribution is 7.92. The van der Waals surface area contributed by atoms with Gasteiger partial charge >= 0.3 is 0 Å². The standard InChI is InChI=1S/C18H18FN3O2S2/c19-13-7-9-14(10-8-13)21-26(23,24)17-12-22(15-4-1-2-5-15)20-18(17)16-6-3-11-25-16/h3,6-12,15,21H,1-2,4-5H2. The van der Waals surface area contributed by atoms with Crippen LogP contribution in [0.4, 0.5) is 10.1 Å². The molecular weight excluding hydrogens is 373 g/mol. The number of nitrogens with one attached hydrogen (secondary N) is 1. The molecule has 3 aromatic rings. The van der Waals surface area contributed by atoms with E-state index in [-0.39, 0.29) is 10.9 Å². The first-order valence-corrected chi connectivity index (χ1v) is 10.8. The second kappa shape index (κ2) is 6.85. The quantitative estimate of drug-likeness (QED) is 0.688. The molecule has 1 saturated carbocycles. The summed E-state index contributed by atoms with van der Waals surface area (Å²) in [6.07, 6.45) is 5.91. The predicted octanol–water partition coefficient (Wildman–Crippen LogP) is 4.67. The van der Waals surface area contributed by atoms with Crippen LogP contribution in [0.3, 0.4) is 0 Å².